The van der Waals surface area contributed by atoms with Crippen molar-refractivity contribution in [1.29, 1.82) is 0 Å². The van der Waals surface area contributed by atoms with E-state index in [-0.39, 0.29) is 24.4 Å². The molecular formula is C22H33LiN4O3Si. The number of carboxylic acids is 1. The predicted molar refractivity (Wildman–Crippen MR) is 118 cm³/mol. The molecule has 9 heteroatoms. The van der Waals surface area contributed by atoms with E-state index >= 15 is 0 Å². The average Bonchev–Trinajstić information content (AvgIpc) is 3.07. The van der Waals surface area contributed by atoms with Crippen molar-refractivity contribution < 1.29 is 33.5 Å². The molecule has 4 heterocycles. The van der Waals surface area contributed by atoms with E-state index in [9.17, 15) is 9.90 Å². The van der Waals surface area contributed by atoms with E-state index in [0.717, 1.165) is 23.8 Å². The largest absolute Gasteiger partial charge is 1.00 e. The number of rotatable bonds is 9. The molecule has 5 rings (SSSR count). The Balaban J connectivity index is 0.00000272. The Kier molecular flexibility index (Phi) is 8.06. The third-order valence-electron chi connectivity index (χ3n) is 6.47. The molecule has 1 aromatic heterocycles. The topological polar surface area (TPSA) is 82.5 Å². The van der Waals surface area contributed by atoms with Crippen LogP contribution >= 0.6 is 0 Å². The fourth-order valence-electron chi connectivity index (χ4n) is 4.65. The minimum absolute atomic E-state index is 0. The molecule has 0 amide bonds. The Labute approximate surface area is 197 Å². The van der Waals surface area contributed by atoms with Crippen LogP contribution < -0.4 is 29.3 Å². The van der Waals surface area contributed by atoms with Crippen LogP contribution in [0.15, 0.2) is 18.2 Å². The molecule has 164 valence electrons. The Morgan fingerprint density at radius 1 is 1.29 bits per heavy atom. The normalized spacial score (nSPS) is 23.1. The summed E-state index contributed by atoms with van der Waals surface area (Å²) in [5, 5.41) is 20.8. The molecular weight excluding hydrogens is 403 g/mol. The molecule has 0 radical (unpaired) electrons. The van der Waals surface area contributed by atoms with Crippen LogP contribution in [-0.2, 0) is 18.0 Å². The Bertz CT molecular complexity index is 906. The number of fused-ring (bicyclic) bond motifs is 4. The summed E-state index contributed by atoms with van der Waals surface area (Å²) in [6, 6.07) is 6.79. The summed E-state index contributed by atoms with van der Waals surface area (Å²) in [6.45, 7) is 12.0. The van der Waals surface area contributed by atoms with E-state index in [4.69, 9.17) is 9.84 Å². The molecule has 3 aliphatic heterocycles. The zero-order valence-electron chi connectivity index (χ0n) is 19.3. The summed E-state index contributed by atoms with van der Waals surface area (Å²) in [7, 11) is -1.16. The maximum absolute atomic E-state index is 11.8. The summed E-state index contributed by atoms with van der Waals surface area (Å²) < 4.78 is 7.69. The van der Waals surface area contributed by atoms with Gasteiger partial charge in [-0.2, -0.15) is 5.10 Å². The van der Waals surface area contributed by atoms with Crippen LogP contribution in [0.25, 0.3) is 10.9 Å². The summed E-state index contributed by atoms with van der Waals surface area (Å²) in [4.78, 5) is 14.3. The van der Waals surface area contributed by atoms with Gasteiger partial charge in [0.2, 0.25) is 0 Å². The molecule has 0 spiro atoms. The van der Waals surface area contributed by atoms with Crippen molar-refractivity contribution in [3.8, 4) is 0 Å². The SMILES string of the molecule is C[Si](C)(C)CCOCn1nc(CN[C@@H]2CN3CCC2CC3)c2c(C(=O)[O-])cccc21.[Li+]. The summed E-state index contributed by atoms with van der Waals surface area (Å²) in [5.74, 6) is -0.460. The molecule has 7 nitrogen and oxygen atoms in total. The van der Waals surface area contributed by atoms with Crippen LogP contribution in [0.1, 0.15) is 28.9 Å². The van der Waals surface area contributed by atoms with Crippen molar-refractivity contribution in [3.05, 3.63) is 29.5 Å². The van der Waals surface area contributed by atoms with Gasteiger partial charge in [0.15, 0.2) is 0 Å². The molecule has 1 N–H and O–H groups in total. The molecule has 3 fully saturated rings. The first-order chi connectivity index (χ1) is 14.3. The van der Waals surface area contributed by atoms with E-state index < -0.39 is 14.0 Å². The first-order valence-electron chi connectivity index (χ1n) is 11.0. The first-order valence-corrected chi connectivity index (χ1v) is 14.8. The van der Waals surface area contributed by atoms with Crippen LogP contribution in [0.2, 0.25) is 25.7 Å². The summed E-state index contributed by atoms with van der Waals surface area (Å²) >= 11 is 0. The number of carboxylic acid groups (broad SMARTS) is 1. The van der Waals surface area contributed by atoms with Crippen LogP contribution in [0.5, 0.6) is 0 Å². The zero-order valence-corrected chi connectivity index (χ0v) is 20.3. The Hall–Kier alpha value is -1.15. The van der Waals surface area contributed by atoms with Crippen molar-refractivity contribution in [2.24, 2.45) is 5.92 Å². The van der Waals surface area contributed by atoms with Crippen molar-refractivity contribution in [3.63, 3.8) is 0 Å². The number of carbonyl (C=O) groups excluding carboxylic acids is 1. The second-order valence-electron chi connectivity index (χ2n) is 9.91. The summed E-state index contributed by atoms with van der Waals surface area (Å²) in [6.07, 6.45) is 2.48. The van der Waals surface area contributed by atoms with E-state index in [1.165, 1.54) is 25.9 Å². The van der Waals surface area contributed by atoms with E-state index in [2.05, 4.69) is 29.9 Å². The van der Waals surface area contributed by atoms with Gasteiger partial charge in [0.05, 0.1) is 17.2 Å². The molecule has 31 heavy (non-hydrogen) atoms. The molecule has 3 saturated heterocycles. The van der Waals surface area contributed by atoms with Gasteiger partial charge < -0.3 is 24.9 Å². The molecule has 0 saturated carbocycles. The average molecular weight is 437 g/mol. The van der Waals surface area contributed by atoms with E-state index in [1.54, 1.807) is 16.8 Å². The van der Waals surface area contributed by atoms with Gasteiger partial charge in [-0.3, -0.25) is 0 Å². The fraction of sp³-hybridized carbons (Fsp3) is 0.636. The van der Waals surface area contributed by atoms with Gasteiger partial charge in [-0.1, -0.05) is 31.8 Å². The van der Waals surface area contributed by atoms with Crippen molar-refractivity contribution in [2.45, 2.75) is 57.8 Å². The maximum Gasteiger partial charge on any atom is 1.00 e. The molecule has 2 aromatic rings. The van der Waals surface area contributed by atoms with Gasteiger partial charge in [-0.15, -0.1) is 0 Å². The predicted octanol–water partition coefficient (Wildman–Crippen LogP) is -1.10. The summed E-state index contributed by atoms with van der Waals surface area (Å²) in [5.41, 5.74) is 1.75. The van der Waals surface area contributed by atoms with E-state index in [1.807, 2.05) is 6.07 Å². The third-order valence-corrected chi connectivity index (χ3v) is 8.17. The number of hydrogen-bond donors (Lipinski definition) is 1. The number of nitrogens with zero attached hydrogens (tertiary/aromatic N) is 3. The molecule has 1 aromatic carbocycles. The van der Waals surface area contributed by atoms with Crippen LogP contribution in [0, 0.1) is 5.92 Å². The number of aromatic nitrogens is 2. The maximum atomic E-state index is 11.8. The number of ether oxygens (including phenoxy) is 1. The number of carbonyl (C=O) groups is 1. The quantitative estimate of drug-likeness (QED) is 0.397. The van der Waals surface area contributed by atoms with Gasteiger partial charge in [-0.25, -0.2) is 4.68 Å². The minimum Gasteiger partial charge on any atom is -0.545 e. The van der Waals surface area contributed by atoms with Gasteiger partial charge in [0, 0.05) is 44.8 Å². The van der Waals surface area contributed by atoms with Gasteiger partial charge >= 0.3 is 18.9 Å². The third kappa shape index (κ3) is 5.81. The minimum atomic E-state index is -1.16. The Morgan fingerprint density at radius 3 is 2.65 bits per heavy atom. The number of nitrogens with one attached hydrogen (secondary N) is 1. The van der Waals surface area contributed by atoms with Gasteiger partial charge in [-0.05, 0) is 44.0 Å². The standard InChI is InChI=1S/C22H34N4O3Si.Li/c1-30(2,3)12-11-29-15-26-20-6-4-5-17(22(27)28)21(20)18(24-26)13-23-19-14-25-9-7-16(19)8-10-25;/h4-6,16,19,23H,7-15H2,1-3H3,(H,27,28);/q;+1/p-1/t19-;/m1./s1. The smallest absolute Gasteiger partial charge is 0.545 e. The van der Waals surface area contributed by atoms with Crippen LogP contribution in [-0.4, -0.2) is 61.0 Å². The second kappa shape index (κ2) is 10.2. The molecule has 2 bridgehead atoms. The zero-order chi connectivity index (χ0) is 21.3. The number of benzene rings is 1. The number of piperidine rings is 3. The molecule has 3 aliphatic rings. The van der Waals surface area contributed by atoms with Crippen LogP contribution in [0.4, 0.5) is 0 Å². The van der Waals surface area contributed by atoms with Gasteiger partial charge in [0.1, 0.15) is 6.73 Å². The molecule has 0 aliphatic carbocycles. The fourth-order valence-corrected chi connectivity index (χ4v) is 5.41. The molecule has 1 atom stereocenters. The van der Waals surface area contributed by atoms with Gasteiger partial charge in [0.25, 0.3) is 0 Å². The second-order valence-corrected chi connectivity index (χ2v) is 15.5. The van der Waals surface area contributed by atoms with Crippen molar-refractivity contribution >= 4 is 24.9 Å². The van der Waals surface area contributed by atoms with Crippen molar-refractivity contribution in [1.82, 2.24) is 20.0 Å². The first kappa shape index (κ1) is 24.5. The van der Waals surface area contributed by atoms with Crippen molar-refractivity contribution in [2.75, 3.05) is 26.2 Å². The van der Waals surface area contributed by atoms with E-state index in [0.29, 0.717) is 37.2 Å². The number of hydrogen-bond acceptors (Lipinski definition) is 6. The molecule has 0 unspecified atom stereocenters. The Morgan fingerprint density at radius 2 is 2.03 bits per heavy atom. The monoisotopic (exact) mass is 436 g/mol. The number of aromatic carboxylic acids is 1. The van der Waals surface area contributed by atoms with Crippen LogP contribution in [0.3, 0.4) is 0 Å².